The van der Waals surface area contributed by atoms with E-state index in [1.165, 1.54) is 32.1 Å². The highest BCUT2D eigenvalue weighted by atomic mass is 32.2. The molecule has 0 bridgehead atoms. The lowest BCUT2D eigenvalue weighted by Gasteiger charge is -2.33. The first-order valence-electron chi connectivity index (χ1n) is 11.1. The Morgan fingerprint density at radius 2 is 1.43 bits per heavy atom. The fourth-order valence-corrected chi connectivity index (χ4v) is 4.71. The number of rotatable bonds is 19. The Bertz CT molecular complexity index is 446. The zero-order valence-corrected chi connectivity index (χ0v) is 19.5. The SMILES string of the molecule is CCCCCCCCC(C)(CC(C)(CCCCCCCC(=O)O)[N+](=O)[O-])SC. The van der Waals surface area contributed by atoms with E-state index in [1.54, 1.807) is 11.8 Å². The van der Waals surface area contributed by atoms with Crippen molar-refractivity contribution in [3.05, 3.63) is 10.1 Å². The first kappa shape index (κ1) is 27.2. The van der Waals surface area contributed by atoms with Gasteiger partial charge in [0, 0.05) is 35.9 Å². The second-order valence-electron chi connectivity index (χ2n) is 8.76. The van der Waals surface area contributed by atoms with Gasteiger partial charge >= 0.3 is 5.97 Å². The molecule has 0 fully saturated rings. The van der Waals surface area contributed by atoms with Crippen LogP contribution in [0.3, 0.4) is 0 Å². The van der Waals surface area contributed by atoms with Crippen molar-refractivity contribution in [3.8, 4) is 0 Å². The van der Waals surface area contributed by atoms with Gasteiger partial charge in [-0.3, -0.25) is 14.9 Å². The van der Waals surface area contributed by atoms with Gasteiger partial charge in [0.05, 0.1) is 0 Å². The lowest BCUT2D eigenvalue weighted by atomic mass is 9.83. The molecule has 0 radical (unpaired) electrons. The van der Waals surface area contributed by atoms with Crippen LogP contribution in [-0.2, 0) is 4.79 Å². The molecule has 0 aromatic carbocycles. The van der Waals surface area contributed by atoms with Gasteiger partial charge in [-0.2, -0.15) is 11.8 Å². The molecule has 6 heteroatoms. The summed E-state index contributed by atoms with van der Waals surface area (Å²) in [6.07, 6.45) is 16.4. The van der Waals surface area contributed by atoms with Gasteiger partial charge < -0.3 is 5.11 Å². The zero-order chi connectivity index (χ0) is 21.5. The third kappa shape index (κ3) is 12.6. The first-order chi connectivity index (χ1) is 13.2. The summed E-state index contributed by atoms with van der Waals surface area (Å²) in [4.78, 5) is 22.3. The van der Waals surface area contributed by atoms with Gasteiger partial charge in [0.1, 0.15) is 0 Å². The predicted molar refractivity (Wildman–Crippen MR) is 120 cm³/mol. The smallest absolute Gasteiger partial charge is 0.303 e. The molecular formula is C22H43NO4S. The van der Waals surface area contributed by atoms with Crippen LogP contribution in [0.25, 0.3) is 0 Å². The lowest BCUT2D eigenvalue weighted by molar-refractivity contribution is -0.568. The van der Waals surface area contributed by atoms with Crippen LogP contribution in [0.4, 0.5) is 0 Å². The molecule has 0 saturated carbocycles. The molecule has 0 aliphatic heterocycles. The summed E-state index contributed by atoms with van der Waals surface area (Å²) in [7, 11) is 0. The molecular weight excluding hydrogens is 374 g/mol. The summed E-state index contributed by atoms with van der Waals surface area (Å²) in [5, 5.41) is 20.5. The largest absolute Gasteiger partial charge is 0.481 e. The summed E-state index contributed by atoms with van der Waals surface area (Å²) in [6, 6.07) is 0. The number of hydrogen-bond acceptors (Lipinski definition) is 4. The molecule has 0 amide bonds. The van der Waals surface area contributed by atoms with E-state index >= 15 is 0 Å². The fourth-order valence-electron chi connectivity index (χ4n) is 3.90. The van der Waals surface area contributed by atoms with Crippen molar-refractivity contribution < 1.29 is 14.8 Å². The van der Waals surface area contributed by atoms with Gasteiger partial charge in [-0.15, -0.1) is 0 Å². The maximum absolute atomic E-state index is 11.8. The molecule has 0 aliphatic rings. The number of carbonyl (C=O) groups is 1. The summed E-state index contributed by atoms with van der Waals surface area (Å²) >= 11 is 1.78. The zero-order valence-electron chi connectivity index (χ0n) is 18.6. The summed E-state index contributed by atoms with van der Waals surface area (Å²) in [6.45, 7) is 6.23. The number of unbranched alkanes of at least 4 members (excludes halogenated alkanes) is 9. The number of thioether (sulfide) groups is 1. The van der Waals surface area contributed by atoms with E-state index in [9.17, 15) is 14.9 Å². The molecule has 2 unspecified atom stereocenters. The van der Waals surface area contributed by atoms with E-state index in [1.807, 2.05) is 6.92 Å². The van der Waals surface area contributed by atoms with Crippen molar-refractivity contribution in [3.63, 3.8) is 0 Å². The number of aliphatic carboxylic acids is 1. The number of nitro groups is 1. The van der Waals surface area contributed by atoms with Crippen LogP contribution in [0.15, 0.2) is 0 Å². The van der Waals surface area contributed by atoms with Crippen molar-refractivity contribution in [1.82, 2.24) is 0 Å². The van der Waals surface area contributed by atoms with Crippen LogP contribution >= 0.6 is 11.8 Å². The minimum absolute atomic E-state index is 0.0476. The Kier molecular flexibility index (Phi) is 14.7. The highest BCUT2D eigenvalue weighted by molar-refractivity contribution is 7.99. The molecule has 0 spiro atoms. The molecule has 28 heavy (non-hydrogen) atoms. The van der Waals surface area contributed by atoms with Crippen LogP contribution in [0.1, 0.15) is 117 Å². The maximum Gasteiger partial charge on any atom is 0.303 e. The van der Waals surface area contributed by atoms with Gasteiger partial charge in [0.25, 0.3) is 0 Å². The van der Waals surface area contributed by atoms with Crippen LogP contribution in [0.5, 0.6) is 0 Å². The molecule has 0 aromatic rings. The molecule has 0 aromatic heterocycles. The normalized spacial score (nSPS) is 15.7. The monoisotopic (exact) mass is 417 g/mol. The molecule has 1 N–H and O–H groups in total. The second-order valence-corrected chi connectivity index (χ2v) is 10.2. The van der Waals surface area contributed by atoms with Crippen molar-refractivity contribution in [2.24, 2.45) is 0 Å². The van der Waals surface area contributed by atoms with Crippen molar-refractivity contribution in [2.45, 2.75) is 127 Å². The van der Waals surface area contributed by atoms with E-state index in [2.05, 4.69) is 20.1 Å². The second kappa shape index (κ2) is 15.1. The average molecular weight is 418 g/mol. The van der Waals surface area contributed by atoms with E-state index in [4.69, 9.17) is 5.11 Å². The standard InChI is InChI=1S/C22H43NO4S/c1-5-6-7-8-12-15-18-22(3,28-4)19-21(2,23(26)27)17-14-11-9-10-13-16-20(24)25/h5-19H2,1-4H3,(H,24,25). The van der Waals surface area contributed by atoms with E-state index in [-0.39, 0.29) is 16.1 Å². The number of hydrogen-bond donors (Lipinski definition) is 1. The molecule has 166 valence electrons. The van der Waals surface area contributed by atoms with E-state index in [0.717, 1.165) is 38.5 Å². The van der Waals surface area contributed by atoms with Crippen LogP contribution in [0, 0.1) is 10.1 Å². The molecule has 0 aliphatic carbocycles. The predicted octanol–water partition coefficient (Wildman–Crippen LogP) is 7.10. The quantitative estimate of drug-likeness (QED) is 0.138. The molecule has 0 heterocycles. The Morgan fingerprint density at radius 3 is 1.93 bits per heavy atom. The highest BCUT2D eigenvalue weighted by Crippen LogP contribution is 2.39. The van der Waals surface area contributed by atoms with Gasteiger partial charge in [-0.25, -0.2) is 0 Å². The Hall–Kier alpha value is -0.780. The minimum atomic E-state index is -0.874. The number of carboxylic acids is 1. The summed E-state index contributed by atoms with van der Waals surface area (Å²) < 4.78 is -0.0476. The van der Waals surface area contributed by atoms with Crippen LogP contribution in [0.2, 0.25) is 0 Å². The van der Waals surface area contributed by atoms with Gasteiger partial charge in [-0.05, 0) is 25.5 Å². The fraction of sp³-hybridized carbons (Fsp3) is 0.955. The highest BCUT2D eigenvalue weighted by Gasteiger charge is 2.43. The first-order valence-corrected chi connectivity index (χ1v) is 12.3. The summed E-state index contributed by atoms with van der Waals surface area (Å²) in [5.74, 6) is -0.748. The molecule has 2 atom stereocenters. The maximum atomic E-state index is 11.8. The van der Waals surface area contributed by atoms with Crippen molar-refractivity contribution in [1.29, 1.82) is 0 Å². The van der Waals surface area contributed by atoms with Crippen LogP contribution < -0.4 is 0 Å². The topological polar surface area (TPSA) is 80.4 Å². The average Bonchev–Trinajstić information content (AvgIpc) is 2.63. The third-order valence-corrected chi connectivity index (χ3v) is 7.19. The molecule has 5 nitrogen and oxygen atoms in total. The molecule has 0 rings (SSSR count). The van der Waals surface area contributed by atoms with E-state index < -0.39 is 11.5 Å². The van der Waals surface area contributed by atoms with Gasteiger partial charge in [-0.1, -0.05) is 71.6 Å². The van der Waals surface area contributed by atoms with Crippen LogP contribution in [-0.4, -0.2) is 32.5 Å². The minimum Gasteiger partial charge on any atom is -0.481 e. The molecule has 0 saturated heterocycles. The van der Waals surface area contributed by atoms with Gasteiger partial charge in [0.2, 0.25) is 5.54 Å². The third-order valence-electron chi connectivity index (χ3n) is 5.85. The lowest BCUT2D eigenvalue weighted by Crippen LogP contribution is -2.42. The Labute approximate surface area is 176 Å². The number of carboxylic acid groups (broad SMARTS) is 1. The van der Waals surface area contributed by atoms with E-state index in [0.29, 0.717) is 19.3 Å². The van der Waals surface area contributed by atoms with Gasteiger partial charge in [0.15, 0.2) is 0 Å². The number of nitrogens with zero attached hydrogens (tertiary/aromatic N) is 1. The summed E-state index contributed by atoms with van der Waals surface area (Å²) in [5.41, 5.74) is -0.874. The van der Waals surface area contributed by atoms with Crippen molar-refractivity contribution >= 4 is 17.7 Å². The Balaban J connectivity index is 4.39. The Morgan fingerprint density at radius 1 is 0.929 bits per heavy atom. The van der Waals surface area contributed by atoms with Crippen molar-refractivity contribution in [2.75, 3.05) is 6.26 Å².